The Labute approximate surface area is 142 Å². The summed E-state index contributed by atoms with van der Waals surface area (Å²) in [5, 5.41) is 12.1. The lowest BCUT2D eigenvalue weighted by molar-refractivity contribution is 0.0963. The van der Waals surface area contributed by atoms with Crippen molar-refractivity contribution in [2.75, 3.05) is 19.7 Å². The molecule has 0 saturated carbocycles. The lowest BCUT2D eigenvalue weighted by Gasteiger charge is -2.31. The van der Waals surface area contributed by atoms with E-state index in [1.165, 1.54) is 0 Å². The minimum Gasteiger partial charge on any atom is -0.450 e. The average Bonchev–Trinajstić information content (AvgIpc) is 2.61. The van der Waals surface area contributed by atoms with E-state index < -0.39 is 0 Å². The minimum atomic E-state index is -0.255. The van der Waals surface area contributed by atoms with Crippen LogP contribution in [0.15, 0.2) is 29.3 Å². The Kier molecular flexibility index (Phi) is 6.43. The Hall–Kier alpha value is -2.75. The molecule has 0 spiro atoms. The fourth-order valence-corrected chi connectivity index (χ4v) is 2.59. The third-order valence-electron chi connectivity index (χ3n) is 3.86. The highest BCUT2D eigenvalue weighted by Gasteiger charge is 2.23. The first-order valence-electron chi connectivity index (χ1n) is 8.09. The number of rotatable bonds is 4. The summed E-state index contributed by atoms with van der Waals surface area (Å²) in [5.74, 6) is 0.381. The van der Waals surface area contributed by atoms with Gasteiger partial charge < -0.3 is 20.7 Å². The fraction of sp³-hybridized carbons (Fsp3) is 0.471. The summed E-state index contributed by atoms with van der Waals surface area (Å²) in [7, 11) is 0. The summed E-state index contributed by atoms with van der Waals surface area (Å²) < 4.78 is 5.00. The van der Waals surface area contributed by atoms with Crippen LogP contribution in [-0.2, 0) is 11.3 Å². The van der Waals surface area contributed by atoms with Crippen molar-refractivity contribution < 1.29 is 9.53 Å². The number of nitrogens with two attached hydrogens (primary N) is 1. The Balaban J connectivity index is 1.79. The summed E-state index contributed by atoms with van der Waals surface area (Å²) in [6, 6.07) is 9.60. The van der Waals surface area contributed by atoms with Crippen molar-refractivity contribution in [3.05, 3.63) is 35.4 Å². The fourth-order valence-electron chi connectivity index (χ4n) is 2.59. The highest BCUT2D eigenvalue weighted by atomic mass is 16.6. The van der Waals surface area contributed by atoms with E-state index in [2.05, 4.69) is 16.4 Å². The van der Waals surface area contributed by atoms with Crippen molar-refractivity contribution in [3.8, 4) is 6.07 Å². The largest absolute Gasteiger partial charge is 0.450 e. The number of likely N-dealkylation sites (tertiary alicyclic amines) is 1. The number of aliphatic imine (C=N–C) groups is 1. The molecule has 1 aliphatic rings. The molecular formula is C17H23N5O2. The maximum atomic E-state index is 11.7. The molecular weight excluding hydrogens is 306 g/mol. The number of hydrogen-bond acceptors (Lipinski definition) is 4. The van der Waals surface area contributed by atoms with E-state index in [4.69, 9.17) is 15.7 Å². The second-order valence-corrected chi connectivity index (χ2v) is 5.62. The van der Waals surface area contributed by atoms with Gasteiger partial charge in [-0.2, -0.15) is 5.26 Å². The molecule has 0 aromatic heterocycles. The smallest absolute Gasteiger partial charge is 0.409 e. The first-order valence-corrected chi connectivity index (χ1v) is 8.09. The predicted octanol–water partition coefficient (Wildman–Crippen LogP) is 1.58. The Bertz CT molecular complexity index is 630. The second-order valence-electron chi connectivity index (χ2n) is 5.62. The number of ether oxygens (including phenoxy) is 1. The van der Waals surface area contributed by atoms with Crippen molar-refractivity contribution in [2.45, 2.75) is 32.4 Å². The van der Waals surface area contributed by atoms with E-state index in [1.807, 2.05) is 12.1 Å². The number of guanidine groups is 1. The zero-order chi connectivity index (χ0) is 17.4. The van der Waals surface area contributed by atoms with Crippen molar-refractivity contribution in [1.29, 1.82) is 5.26 Å². The molecule has 7 nitrogen and oxygen atoms in total. The molecule has 7 heteroatoms. The number of hydrogen-bond donors (Lipinski definition) is 2. The highest BCUT2D eigenvalue weighted by Crippen LogP contribution is 2.11. The van der Waals surface area contributed by atoms with Crippen LogP contribution >= 0.6 is 0 Å². The van der Waals surface area contributed by atoms with E-state index >= 15 is 0 Å². The number of amides is 1. The van der Waals surface area contributed by atoms with Gasteiger partial charge in [0, 0.05) is 19.1 Å². The van der Waals surface area contributed by atoms with E-state index in [9.17, 15) is 4.79 Å². The van der Waals surface area contributed by atoms with Crippen molar-refractivity contribution in [2.24, 2.45) is 10.7 Å². The number of nitrogens with zero attached hydrogens (tertiary/aromatic N) is 3. The lowest BCUT2D eigenvalue weighted by atomic mass is 10.1. The molecule has 24 heavy (non-hydrogen) atoms. The van der Waals surface area contributed by atoms with Gasteiger partial charge >= 0.3 is 6.09 Å². The number of carbonyl (C=O) groups excluding carboxylic acids is 1. The average molecular weight is 329 g/mol. The van der Waals surface area contributed by atoms with Crippen molar-refractivity contribution in [1.82, 2.24) is 10.2 Å². The molecule has 1 amide bonds. The standard InChI is InChI=1S/C17H23N5O2/c1-2-24-17(23)22-8-6-15(7-9-22)21-16(19)20-12-14-5-3-4-13(10-14)11-18/h3-5,10,15H,2,6-9,12H2,1H3,(H3,19,20,21). The van der Waals surface area contributed by atoms with E-state index in [0.29, 0.717) is 37.8 Å². The first kappa shape index (κ1) is 17.6. The van der Waals surface area contributed by atoms with Crippen LogP contribution in [0.5, 0.6) is 0 Å². The predicted molar refractivity (Wildman–Crippen MR) is 91.2 cm³/mol. The number of nitriles is 1. The molecule has 0 aliphatic carbocycles. The number of nitrogens with one attached hydrogen (secondary N) is 1. The summed E-state index contributed by atoms with van der Waals surface area (Å²) in [6.45, 7) is 3.91. The molecule has 1 aromatic rings. The van der Waals surface area contributed by atoms with Crippen LogP contribution in [0.1, 0.15) is 30.9 Å². The zero-order valence-electron chi connectivity index (χ0n) is 13.9. The van der Waals surface area contributed by atoms with Crippen molar-refractivity contribution in [3.63, 3.8) is 0 Å². The molecule has 0 atom stereocenters. The zero-order valence-corrected chi connectivity index (χ0v) is 13.9. The van der Waals surface area contributed by atoms with Gasteiger partial charge in [0.05, 0.1) is 24.8 Å². The second kappa shape index (κ2) is 8.77. The third kappa shape index (κ3) is 5.16. The molecule has 2 rings (SSSR count). The van der Waals surface area contributed by atoms with Gasteiger partial charge in [-0.25, -0.2) is 9.79 Å². The normalized spacial score (nSPS) is 15.7. The van der Waals surface area contributed by atoms with Gasteiger partial charge in [0.1, 0.15) is 0 Å². The molecule has 0 radical (unpaired) electrons. The van der Waals surface area contributed by atoms with Crippen LogP contribution < -0.4 is 11.1 Å². The lowest BCUT2D eigenvalue weighted by Crippen LogP contribution is -2.48. The topological polar surface area (TPSA) is 104 Å². The van der Waals surface area contributed by atoms with Gasteiger partial charge in [-0.05, 0) is 37.5 Å². The van der Waals surface area contributed by atoms with Crippen LogP contribution in [-0.4, -0.2) is 42.7 Å². The van der Waals surface area contributed by atoms with Crippen molar-refractivity contribution >= 4 is 12.1 Å². The molecule has 1 saturated heterocycles. The maximum Gasteiger partial charge on any atom is 0.409 e. The maximum absolute atomic E-state index is 11.7. The molecule has 0 bridgehead atoms. The Morgan fingerprint density at radius 2 is 2.25 bits per heavy atom. The molecule has 1 aliphatic heterocycles. The quantitative estimate of drug-likeness (QED) is 0.645. The number of carbonyl (C=O) groups is 1. The summed E-state index contributed by atoms with van der Waals surface area (Å²) in [6.07, 6.45) is 1.35. The minimum absolute atomic E-state index is 0.199. The van der Waals surface area contributed by atoms with Gasteiger partial charge in [-0.1, -0.05) is 12.1 Å². The van der Waals surface area contributed by atoms with Gasteiger partial charge in [-0.15, -0.1) is 0 Å². The number of benzene rings is 1. The molecule has 128 valence electrons. The molecule has 0 unspecified atom stereocenters. The molecule has 1 aromatic carbocycles. The Morgan fingerprint density at radius 3 is 2.92 bits per heavy atom. The van der Waals surface area contributed by atoms with E-state index in [1.54, 1.807) is 24.0 Å². The van der Waals surface area contributed by atoms with Crippen LogP contribution in [0.4, 0.5) is 4.79 Å². The van der Waals surface area contributed by atoms with Crippen LogP contribution in [0.3, 0.4) is 0 Å². The summed E-state index contributed by atoms with van der Waals surface area (Å²) >= 11 is 0. The molecule has 3 N–H and O–H groups in total. The van der Waals surface area contributed by atoms with E-state index in [-0.39, 0.29) is 12.1 Å². The number of piperidine rings is 1. The molecule has 1 heterocycles. The summed E-state index contributed by atoms with van der Waals surface area (Å²) in [4.78, 5) is 17.7. The van der Waals surface area contributed by atoms with Crippen LogP contribution in [0.2, 0.25) is 0 Å². The Morgan fingerprint density at radius 1 is 1.50 bits per heavy atom. The third-order valence-corrected chi connectivity index (χ3v) is 3.86. The van der Waals surface area contributed by atoms with Gasteiger partial charge in [0.2, 0.25) is 0 Å². The molecule has 1 fully saturated rings. The van der Waals surface area contributed by atoms with Gasteiger partial charge in [0.15, 0.2) is 5.96 Å². The van der Waals surface area contributed by atoms with Crippen LogP contribution in [0.25, 0.3) is 0 Å². The van der Waals surface area contributed by atoms with Gasteiger partial charge in [0.25, 0.3) is 0 Å². The van der Waals surface area contributed by atoms with Gasteiger partial charge in [-0.3, -0.25) is 0 Å². The SMILES string of the molecule is CCOC(=O)N1CCC(NC(N)=NCc2cccc(C#N)c2)CC1. The van der Waals surface area contributed by atoms with E-state index in [0.717, 1.165) is 18.4 Å². The highest BCUT2D eigenvalue weighted by molar-refractivity contribution is 5.78. The van der Waals surface area contributed by atoms with Crippen LogP contribution in [0, 0.1) is 11.3 Å². The summed E-state index contributed by atoms with van der Waals surface area (Å²) in [5.41, 5.74) is 7.49. The monoisotopic (exact) mass is 329 g/mol. The first-order chi connectivity index (χ1) is 11.6.